The lowest BCUT2D eigenvalue weighted by Crippen LogP contribution is -2.14. The maximum Gasteiger partial charge on any atom is 0.274 e. The Morgan fingerprint density at radius 1 is 1.33 bits per heavy atom. The molecular weight excluding hydrogens is 325 g/mol. The number of aromatic nitrogens is 1. The Hall–Kier alpha value is -2.26. The number of hydrogen-bond donors (Lipinski definition) is 1. The zero-order valence-electron chi connectivity index (χ0n) is 10.2. The lowest BCUT2D eigenvalue weighted by atomic mass is 10.3. The normalized spacial score (nSPS) is 11.1. The van der Waals surface area contributed by atoms with Crippen LogP contribution >= 0.6 is 11.6 Å². The van der Waals surface area contributed by atoms with E-state index < -0.39 is 26.5 Å². The van der Waals surface area contributed by atoms with Crippen molar-refractivity contribution in [1.29, 1.82) is 0 Å². The topological polar surface area (TPSA) is 102 Å². The van der Waals surface area contributed by atoms with Crippen molar-refractivity contribution in [3.05, 3.63) is 57.6 Å². The van der Waals surface area contributed by atoms with Gasteiger partial charge in [-0.15, -0.1) is 0 Å². The van der Waals surface area contributed by atoms with E-state index in [4.69, 9.17) is 11.6 Å². The summed E-state index contributed by atoms with van der Waals surface area (Å²) in [5.41, 5.74) is -0.869. The molecule has 0 bridgehead atoms. The fourth-order valence-corrected chi connectivity index (χ4v) is 3.01. The standard InChI is InChI=1S/C11H7ClFN3O4S/c12-11-10(2-1-3-14-11)21(19,20)15-8-4-7(13)5-9(6-8)16(17)18/h1-6,15H. The summed E-state index contributed by atoms with van der Waals surface area (Å²) in [6.45, 7) is 0. The van der Waals surface area contributed by atoms with E-state index >= 15 is 0 Å². The van der Waals surface area contributed by atoms with Crippen molar-refractivity contribution < 1.29 is 17.7 Å². The van der Waals surface area contributed by atoms with Gasteiger partial charge >= 0.3 is 0 Å². The molecule has 110 valence electrons. The number of pyridine rings is 1. The number of anilines is 1. The number of hydrogen-bond acceptors (Lipinski definition) is 5. The average Bonchev–Trinajstić information content (AvgIpc) is 2.37. The second-order valence-electron chi connectivity index (χ2n) is 3.85. The Balaban J connectivity index is 2.42. The van der Waals surface area contributed by atoms with Crippen LogP contribution < -0.4 is 4.72 Å². The number of nitrogens with one attached hydrogen (secondary N) is 1. The number of non-ortho nitro benzene ring substituents is 1. The molecule has 0 atom stereocenters. The van der Waals surface area contributed by atoms with Gasteiger partial charge in [-0.25, -0.2) is 17.8 Å². The van der Waals surface area contributed by atoms with Gasteiger partial charge in [0.2, 0.25) is 0 Å². The first-order chi connectivity index (χ1) is 9.79. The average molecular weight is 332 g/mol. The predicted molar refractivity (Wildman–Crippen MR) is 73.1 cm³/mol. The van der Waals surface area contributed by atoms with Crippen LogP contribution in [-0.4, -0.2) is 18.3 Å². The van der Waals surface area contributed by atoms with E-state index in [0.29, 0.717) is 6.07 Å². The highest BCUT2D eigenvalue weighted by atomic mass is 35.5. The van der Waals surface area contributed by atoms with E-state index in [1.807, 2.05) is 4.72 Å². The first-order valence-electron chi connectivity index (χ1n) is 5.38. The number of rotatable bonds is 4. The van der Waals surface area contributed by atoms with Crippen LogP contribution in [0.25, 0.3) is 0 Å². The molecule has 0 spiro atoms. The molecule has 0 saturated heterocycles. The molecule has 1 N–H and O–H groups in total. The molecule has 10 heteroatoms. The summed E-state index contributed by atoms with van der Waals surface area (Å²) in [6, 6.07) is 4.94. The minimum absolute atomic E-state index is 0.268. The molecule has 1 heterocycles. The summed E-state index contributed by atoms with van der Waals surface area (Å²) >= 11 is 5.68. The maximum atomic E-state index is 13.3. The largest absolute Gasteiger partial charge is 0.279 e. The zero-order valence-corrected chi connectivity index (χ0v) is 11.7. The Bertz CT molecular complexity index is 813. The molecular formula is C11H7ClFN3O4S. The summed E-state index contributed by atoms with van der Waals surface area (Å²) in [6.07, 6.45) is 1.30. The van der Waals surface area contributed by atoms with Gasteiger partial charge in [0.25, 0.3) is 15.7 Å². The molecule has 2 rings (SSSR count). The summed E-state index contributed by atoms with van der Waals surface area (Å²) in [4.78, 5) is 13.1. The Kier molecular flexibility index (Phi) is 4.05. The van der Waals surface area contributed by atoms with Gasteiger partial charge in [0.05, 0.1) is 16.7 Å². The van der Waals surface area contributed by atoms with E-state index in [1.54, 1.807) is 0 Å². The molecule has 0 fully saturated rings. The van der Waals surface area contributed by atoms with Crippen LogP contribution in [0, 0.1) is 15.9 Å². The summed E-state index contributed by atoms with van der Waals surface area (Å²) in [7, 11) is -4.14. The number of nitrogens with zero attached hydrogens (tertiary/aromatic N) is 2. The molecule has 0 radical (unpaired) electrons. The van der Waals surface area contributed by atoms with E-state index in [2.05, 4.69) is 4.98 Å². The smallest absolute Gasteiger partial charge is 0.274 e. The summed E-state index contributed by atoms with van der Waals surface area (Å²) < 4.78 is 39.5. The molecule has 2 aromatic rings. The van der Waals surface area contributed by atoms with Crippen LogP contribution in [0.2, 0.25) is 5.15 Å². The van der Waals surface area contributed by atoms with Gasteiger partial charge in [-0.05, 0) is 18.2 Å². The maximum absolute atomic E-state index is 13.3. The molecule has 7 nitrogen and oxygen atoms in total. The van der Waals surface area contributed by atoms with Gasteiger partial charge in [0, 0.05) is 12.3 Å². The van der Waals surface area contributed by atoms with Crippen molar-refractivity contribution in [2.24, 2.45) is 0 Å². The lowest BCUT2D eigenvalue weighted by molar-refractivity contribution is -0.385. The monoisotopic (exact) mass is 331 g/mol. The first-order valence-corrected chi connectivity index (χ1v) is 7.24. The first kappa shape index (κ1) is 15.1. The molecule has 21 heavy (non-hydrogen) atoms. The predicted octanol–water partition coefficient (Wildman–Crippen LogP) is 2.58. The Morgan fingerprint density at radius 3 is 2.67 bits per heavy atom. The number of halogens is 2. The van der Waals surface area contributed by atoms with Crippen LogP contribution in [0.4, 0.5) is 15.8 Å². The van der Waals surface area contributed by atoms with Gasteiger partial charge in [-0.2, -0.15) is 0 Å². The SMILES string of the molecule is O=[N+]([O-])c1cc(F)cc(NS(=O)(=O)c2cccnc2Cl)c1. The van der Waals surface area contributed by atoms with Crippen molar-refractivity contribution in [3.63, 3.8) is 0 Å². The zero-order chi connectivity index (χ0) is 15.6. The number of sulfonamides is 1. The molecule has 0 aliphatic rings. The fraction of sp³-hybridized carbons (Fsp3) is 0. The van der Waals surface area contributed by atoms with Gasteiger partial charge in [-0.3, -0.25) is 14.8 Å². The van der Waals surface area contributed by atoms with Crippen molar-refractivity contribution in [3.8, 4) is 0 Å². The second-order valence-corrected chi connectivity index (χ2v) is 5.86. The number of nitro benzene ring substituents is 1. The van der Waals surface area contributed by atoms with Gasteiger partial charge in [-0.1, -0.05) is 11.6 Å². The van der Waals surface area contributed by atoms with Crippen molar-refractivity contribution in [1.82, 2.24) is 4.98 Å². The van der Waals surface area contributed by atoms with Crippen LogP contribution in [0.1, 0.15) is 0 Å². The molecule has 0 aliphatic carbocycles. The quantitative estimate of drug-likeness (QED) is 0.527. The highest BCUT2D eigenvalue weighted by molar-refractivity contribution is 7.92. The second kappa shape index (κ2) is 5.62. The summed E-state index contributed by atoms with van der Waals surface area (Å²) in [5, 5.41) is 10.4. The highest BCUT2D eigenvalue weighted by Gasteiger charge is 2.20. The van der Waals surface area contributed by atoms with E-state index in [1.165, 1.54) is 18.3 Å². The lowest BCUT2D eigenvalue weighted by Gasteiger charge is -2.08. The van der Waals surface area contributed by atoms with E-state index in [9.17, 15) is 22.9 Å². The minimum atomic E-state index is -4.14. The van der Waals surface area contributed by atoms with Crippen LogP contribution in [0.15, 0.2) is 41.4 Å². The molecule has 0 amide bonds. The molecule has 1 aromatic carbocycles. The van der Waals surface area contributed by atoms with E-state index in [-0.39, 0.29) is 15.7 Å². The Labute approximate surface area is 123 Å². The third-order valence-corrected chi connectivity index (χ3v) is 4.19. The minimum Gasteiger partial charge on any atom is -0.279 e. The van der Waals surface area contributed by atoms with Crippen molar-refractivity contribution >= 4 is 33.0 Å². The van der Waals surface area contributed by atoms with Gasteiger partial charge in [0.1, 0.15) is 15.9 Å². The van der Waals surface area contributed by atoms with Gasteiger partial charge in [0.15, 0.2) is 0 Å². The molecule has 0 saturated carbocycles. The molecule has 1 aromatic heterocycles. The number of nitro groups is 1. The molecule has 0 aliphatic heterocycles. The highest BCUT2D eigenvalue weighted by Crippen LogP contribution is 2.24. The van der Waals surface area contributed by atoms with E-state index in [0.717, 1.165) is 12.1 Å². The van der Waals surface area contributed by atoms with Gasteiger partial charge < -0.3 is 0 Å². The number of benzene rings is 1. The molecule has 0 unspecified atom stereocenters. The van der Waals surface area contributed by atoms with Crippen LogP contribution in [0.5, 0.6) is 0 Å². The van der Waals surface area contributed by atoms with Crippen LogP contribution in [0.3, 0.4) is 0 Å². The third kappa shape index (κ3) is 3.44. The fourth-order valence-electron chi connectivity index (χ4n) is 1.52. The summed E-state index contributed by atoms with van der Waals surface area (Å²) in [5.74, 6) is -0.945. The third-order valence-electron chi connectivity index (χ3n) is 2.36. The van der Waals surface area contributed by atoms with Crippen molar-refractivity contribution in [2.45, 2.75) is 4.90 Å². The Morgan fingerprint density at radius 2 is 2.05 bits per heavy atom. The van der Waals surface area contributed by atoms with Crippen LogP contribution in [-0.2, 0) is 10.0 Å². The van der Waals surface area contributed by atoms with Crippen molar-refractivity contribution in [2.75, 3.05) is 4.72 Å².